The fourth-order valence-corrected chi connectivity index (χ4v) is 3.91. The van der Waals surface area contributed by atoms with Crippen molar-refractivity contribution in [2.24, 2.45) is 0 Å². The molecule has 0 atom stereocenters. The molecule has 5 rings (SSSR count). The Bertz CT molecular complexity index is 1100. The molecule has 1 N–H and O–H groups in total. The summed E-state index contributed by atoms with van der Waals surface area (Å²) in [6.45, 7) is 2.01. The smallest absolute Gasteiger partial charge is 0.166 e. The van der Waals surface area contributed by atoms with Gasteiger partial charge in [0.25, 0.3) is 0 Å². The van der Waals surface area contributed by atoms with E-state index < -0.39 is 0 Å². The average Bonchev–Trinajstić information content (AvgIpc) is 3.36. The monoisotopic (exact) mass is 360 g/mol. The van der Waals surface area contributed by atoms with Crippen LogP contribution < -0.4 is 0 Å². The van der Waals surface area contributed by atoms with Gasteiger partial charge in [-0.15, -0.1) is 0 Å². The summed E-state index contributed by atoms with van der Waals surface area (Å²) in [6.07, 6.45) is 7.97. The van der Waals surface area contributed by atoms with E-state index in [2.05, 4.69) is 39.3 Å². The van der Waals surface area contributed by atoms with Gasteiger partial charge in [0.2, 0.25) is 0 Å². The molecule has 4 aromatic rings. The molecule has 0 saturated heterocycles. The Balaban J connectivity index is 1.56. The van der Waals surface area contributed by atoms with Gasteiger partial charge < -0.3 is 5.11 Å². The summed E-state index contributed by atoms with van der Waals surface area (Å²) in [5.74, 6) is 1.56. The van der Waals surface area contributed by atoms with Crippen molar-refractivity contribution >= 4 is 5.65 Å². The van der Waals surface area contributed by atoms with Crippen LogP contribution in [0.25, 0.3) is 17.0 Å². The van der Waals surface area contributed by atoms with E-state index in [4.69, 9.17) is 10.2 Å². The molecule has 3 heterocycles. The zero-order valence-corrected chi connectivity index (χ0v) is 15.1. The first-order valence-corrected chi connectivity index (χ1v) is 9.16. The van der Waals surface area contributed by atoms with Crippen molar-refractivity contribution in [1.82, 2.24) is 29.4 Å². The van der Waals surface area contributed by atoms with Crippen molar-refractivity contribution in [1.29, 1.82) is 0 Å². The van der Waals surface area contributed by atoms with Crippen LogP contribution in [0.4, 0.5) is 0 Å². The average molecular weight is 360 g/mol. The van der Waals surface area contributed by atoms with Crippen LogP contribution in [-0.4, -0.2) is 41.1 Å². The molecule has 0 aliphatic heterocycles. The molecule has 0 saturated carbocycles. The van der Waals surface area contributed by atoms with E-state index in [1.165, 1.54) is 11.1 Å². The molecule has 0 radical (unpaired) electrons. The number of benzene rings is 1. The maximum atomic E-state index is 9.13. The summed E-state index contributed by atoms with van der Waals surface area (Å²) in [6, 6.07) is 8.82. The first-order valence-electron chi connectivity index (χ1n) is 9.16. The minimum Gasteiger partial charge on any atom is -0.396 e. The number of fused-ring (bicyclic) bond motifs is 2. The van der Waals surface area contributed by atoms with Gasteiger partial charge in [0, 0.05) is 19.0 Å². The predicted octanol–water partition coefficient (Wildman–Crippen LogP) is 2.17. The maximum Gasteiger partial charge on any atom is 0.166 e. The van der Waals surface area contributed by atoms with Crippen molar-refractivity contribution in [3.63, 3.8) is 0 Å². The fraction of sp³-hybridized carbons (Fsp3) is 0.300. The molecule has 0 amide bonds. The van der Waals surface area contributed by atoms with Crippen LogP contribution in [-0.2, 0) is 19.3 Å². The lowest BCUT2D eigenvalue weighted by atomic mass is 10.1. The quantitative estimate of drug-likeness (QED) is 0.603. The molecule has 1 aromatic carbocycles. The van der Waals surface area contributed by atoms with Gasteiger partial charge in [-0.2, -0.15) is 10.2 Å². The van der Waals surface area contributed by atoms with Gasteiger partial charge >= 0.3 is 0 Å². The van der Waals surface area contributed by atoms with Crippen LogP contribution in [0, 0.1) is 6.92 Å². The molecule has 0 fully saturated rings. The molecular weight excluding hydrogens is 340 g/mol. The van der Waals surface area contributed by atoms with E-state index in [9.17, 15) is 0 Å². The predicted molar refractivity (Wildman–Crippen MR) is 100 cm³/mol. The van der Waals surface area contributed by atoms with Gasteiger partial charge in [-0.25, -0.2) is 19.2 Å². The largest absolute Gasteiger partial charge is 0.396 e. The lowest BCUT2D eigenvalue weighted by Crippen LogP contribution is -2.12. The lowest BCUT2D eigenvalue weighted by Gasteiger charge is -2.12. The summed E-state index contributed by atoms with van der Waals surface area (Å²) in [5, 5.41) is 18.3. The maximum absolute atomic E-state index is 9.13. The fourth-order valence-electron chi connectivity index (χ4n) is 3.91. The van der Waals surface area contributed by atoms with E-state index in [-0.39, 0.29) is 12.6 Å². The topological polar surface area (TPSA) is 81.1 Å². The summed E-state index contributed by atoms with van der Waals surface area (Å²) in [5.41, 5.74) is 5.34. The Morgan fingerprint density at radius 1 is 1.15 bits per heavy atom. The summed E-state index contributed by atoms with van der Waals surface area (Å²) >= 11 is 0. The molecular formula is C20H20N6O. The van der Waals surface area contributed by atoms with E-state index in [0.29, 0.717) is 6.42 Å². The SMILES string of the molecule is Cc1nc(-c2cnn3cc(CCO)cnc23)n(C2Cc3ccccc3C2)n1. The third-order valence-electron chi connectivity index (χ3n) is 5.16. The Kier molecular flexibility index (Phi) is 3.75. The molecule has 0 bridgehead atoms. The number of aliphatic hydroxyl groups excluding tert-OH is 1. The van der Waals surface area contributed by atoms with Crippen molar-refractivity contribution in [3.8, 4) is 11.4 Å². The number of nitrogens with zero attached hydrogens (tertiary/aromatic N) is 6. The molecule has 136 valence electrons. The van der Waals surface area contributed by atoms with Crippen molar-refractivity contribution < 1.29 is 5.11 Å². The van der Waals surface area contributed by atoms with E-state index in [0.717, 1.165) is 41.3 Å². The standard InChI is InChI=1S/C20H20N6O/c1-13-23-20(18-11-22-25-12-14(6-7-27)10-21-19(18)25)26(24-13)17-8-15-4-2-3-5-16(15)9-17/h2-5,10-12,17,27H,6-9H2,1H3. The number of rotatable bonds is 4. The number of aliphatic hydroxyl groups is 1. The molecule has 1 aliphatic rings. The summed E-state index contributed by atoms with van der Waals surface area (Å²) in [4.78, 5) is 9.25. The third kappa shape index (κ3) is 2.71. The Morgan fingerprint density at radius 2 is 1.93 bits per heavy atom. The highest BCUT2D eigenvalue weighted by Crippen LogP contribution is 2.33. The van der Waals surface area contributed by atoms with Crippen LogP contribution in [0.3, 0.4) is 0 Å². The van der Waals surface area contributed by atoms with Gasteiger partial charge in [0.15, 0.2) is 11.5 Å². The van der Waals surface area contributed by atoms with Crippen LogP contribution >= 0.6 is 0 Å². The summed E-state index contributed by atoms with van der Waals surface area (Å²) < 4.78 is 3.79. The third-order valence-corrected chi connectivity index (χ3v) is 5.16. The van der Waals surface area contributed by atoms with Gasteiger partial charge in [-0.05, 0) is 42.9 Å². The second kappa shape index (κ2) is 6.28. The van der Waals surface area contributed by atoms with Crippen LogP contribution in [0.2, 0.25) is 0 Å². The molecule has 7 heteroatoms. The molecule has 0 spiro atoms. The van der Waals surface area contributed by atoms with E-state index in [1.807, 2.05) is 17.8 Å². The highest BCUT2D eigenvalue weighted by atomic mass is 16.2. The molecule has 7 nitrogen and oxygen atoms in total. The Labute approximate surface area is 156 Å². The lowest BCUT2D eigenvalue weighted by molar-refractivity contribution is 0.299. The van der Waals surface area contributed by atoms with Crippen LogP contribution in [0.5, 0.6) is 0 Å². The number of hydrogen-bond acceptors (Lipinski definition) is 5. The second-order valence-corrected chi connectivity index (χ2v) is 7.02. The van der Waals surface area contributed by atoms with Gasteiger partial charge in [-0.1, -0.05) is 24.3 Å². The van der Waals surface area contributed by atoms with Crippen molar-refractivity contribution in [2.75, 3.05) is 6.61 Å². The Hall–Kier alpha value is -3.06. The van der Waals surface area contributed by atoms with Gasteiger partial charge in [0.05, 0.1) is 17.8 Å². The zero-order chi connectivity index (χ0) is 18.4. The summed E-state index contributed by atoms with van der Waals surface area (Å²) in [7, 11) is 0. The molecule has 27 heavy (non-hydrogen) atoms. The number of aromatic nitrogens is 6. The van der Waals surface area contributed by atoms with Crippen LogP contribution in [0.15, 0.2) is 42.9 Å². The zero-order valence-electron chi connectivity index (χ0n) is 15.1. The Morgan fingerprint density at radius 3 is 2.67 bits per heavy atom. The van der Waals surface area contributed by atoms with Crippen LogP contribution in [0.1, 0.15) is 28.6 Å². The first-order chi connectivity index (χ1) is 13.2. The first kappa shape index (κ1) is 16.1. The normalized spacial score (nSPS) is 14.1. The van der Waals surface area contributed by atoms with Gasteiger partial charge in [0.1, 0.15) is 5.82 Å². The molecule has 1 aliphatic carbocycles. The van der Waals surface area contributed by atoms with E-state index in [1.54, 1.807) is 16.9 Å². The van der Waals surface area contributed by atoms with Crippen molar-refractivity contribution in [3.05, 3.63) is 65.4 Å². The van der Waals surface area contributed by atoms with Crippen molar-refractivity contribution in [2.45, 2.75) is 32.2 Å². The highest BCUT2D eigenvalue weighted by molar-refractivity contribution is 5.72. The minimum atomic E-state index is 0.0943. The molecule has 3 aromatic heterocycles. The minimum absolute atomic E-state index is 0.0943. The highest BCUT2D eigenvalue weighted by Gasteiger charge is 2.27. The second-order valence-electron chi connectivity index (χ2n) is 7.02. The number of hydrogen-bond donors (Lipinski definition) is 1. The number of aryl methyl sites for hydroxylation is 1. The van der Waals surface area contributed by atoms with Gasteiger partial charge in [-0.3, -0.25) is 0 Å². The molecule has 0 unspecified atom stereocenters. The van der Waals surface area contributed by atoms with E-state index >= 15 is 0 Å².